The molecule has 3 aromatic rings. The Morgan fingerprint density at radius 2 is 2.00 bits per heavy atom. The quantitative estimate of drug-likeness (QED) is 0.521. The van der Waals surface area contributed by atoms with Gasteiger partial charge in [0.25, 0.3) is 5.91 Å². The third-order valence-corrected chi connectivity index (χ3v) is 5.70. The second-order valence-electron chi connectivity index (χ2n) is 7.49. The number of nitrogens with zero attached hydrogens (tertiary/aromatic N) is 1. The number of furan rings is 1. The van der Waals surface area contributed by atoms with Crippen LogP contribution in [0.1, 0.15) is 41.1 Å². The Morgan fingerprint density at radius 1 is 1.26 bits per heavy atom. The minimum absolute atomic E-state index is 0.00171. The first-order valence-electron chi connectivity index (χ1n) is 9.98. The molecule has 1 atom stereocenters. The van der Waals surface area contributed by atoms with Gasteiger partial charge in [0.05, 0.1) is 18.7 Å². The molecule has 1 N–H and O–H groups in total. The van der Waals surface area contributed by atoms with Gasteiger partial charge in [-0.25, -0.2) is 0 Å². The SMILES string of the molecule is CCCN1C(=O)C(O)=C(C(=O)c2cc3cc(Cl)cc(OC)c3o2)C1c1ccccc1C. The Labute approximate surface area is 184 Å². The summed E-state index contributed by atoms with van der Waals surface area (Å²) in [6, 6.07) is 11.6. The van der Waals surface area contributed by atoms with E-state index in [1.54, 1.807) is 18.2 Å². The van der Waals surface area contributed by atoms with Crippen molar-refractivity contribution in [2.45, 2.75) is 26.3 Å². The molecule has 1 aliphatic heterocycles. The molecule has 0 aliphatic carbocycles. The molecule has 2 aromatic carbocycles. The number of hydrogen-bond acceptors (Lipinski definition) is 5. The Hall–Kier alpha value is -3.25. The van der Waals surface area contributed by atoms with E-state index >= 15 is 0 Å². The molecule has 0 bridgehead atoms. The number of carbonyl (C=O) groups excluding carboxylic acids is 2. The van der Waals surface area contributed by atoms with Crippen LogP contribution in [0.3, 0.4) is 0 Å². The molecule has 0 saturated heterocycles. The van der Waals surface area contributed by atoms with Crippen LogP contribution >= 0.6 is 11.6 Å². The zero-order valence-corrected chi connectivity index (χ0v) is 18.2. The smallest absolute Gasteiger partial charge is 0.290 e. The molecule has 160 valence electrons. The number of carbonyl (C=O) groups is 2. The number of rotatable bonds is 6. The van der Waals surface area contributed by atoms with Gasteiger partial charge in [-0.1, -0.05) is 42.8 Å². The van der Waals surface area contributed by atoms with Crippen LogP contribution in [0.5, 0.6) is 5.75 Å². The van der Waals surface area contributed by atoms with Crippen LogP contribution < -0.4 is 4.74 Å². The van der Waals surface area contributed by atoms with Crippen LogP contribution in [0.25, 0.3) is 11.0 Å². The normalized spacial score (nSPS) is 16.5. The first-order valence-corrected chi connectivity index (χ1v) is 10.4. The average molecular weight is 440 g/mol. The molecule has 7 heteroatoms. The summed E-state index contributed by atoms with van der Waals surface area (Å²) in [4.78, 5) is 27.9. The predicted molar refractivity (Wildman–Crippen MR) is 118 cm³/mol. The van der Waals surface area contributed by atoms with Crippen molar-refractivity contribution >= 4 is 34.3 Å². The number of aryl methyl sites for hydroxylation is 1. The van der Waals surface area contributed by atoms with Gasteiger partial charge in [-0.3, -0.25) is 9.59 Å². The number of ketones is 1. The maximum atomic E-state index is 13.5. The largest absolute Gasteiger partial charge is 0.503 e. The third kappa shape index (κ3) is 3.47. The number of ether oxygens (including phenoxy) is 1. The lowest BCUT2D eigenvalue weighted by atomic mass is 9.92. The molecule has 1 aliphatic rings. The maximum absolute atomic E-state index is 13.5. The third-order valence-electron chi connectivity index (χ3n) is 5.49. The lowest BCUT2D eigenvalue weighted by molar-refractivity contribution is -0.129. The van der Waals surface area contributed by atoms with Crippen LogP contribution in [0, 0.1) is 6.92 Å². The van der Waals surface area contributed by atoms with E-state index in [9.17, 15) is 14.7 Å². The highest BCUT2D eigenvalue weighted by molar-refractivity contribution is 6.31. The van der Waals surface area contributed by atoms with E-state index in [0.29, 0.717) is 34.7 Å². The van der Waals surface area contributed by atoms with Gasteiger partial charge >= 0.3 is 0 Å². The van der Waals surface area contributed by atoms with E-state index in [1.165, 1.54) is 12.0 Å². The van der Waals surface area contributed by atoms with E-state index in [1.807, 2.05) is 38.1 Å². The molecule has 0 fully saturated rings. The fourth-order valence-electron chi connectivity index (χ4n) is 4.06. The summed E-state index contributed by atoms with van der Waals surface area (Å²) in [5.74, 6) is -1.26. The van der Waals surface area contributed by atoms with E-state index < -0.39 is 23.5 Å². The number of methoxy groups -OCH3 is 1. The average Bonchev–Trinajstić information content (AvgIpc) is 3.28. The summed E-state index contributed by atoms with van der Waals surface area (Å²) >= 11 is 6.13. The second-order valence-corrected chi connectivity index (χ2v) is 7.92. The molecule has 6 nitrogen and oxygen atoms in total. The van der Waals surface area contributed by atoms with Gasteiger partial charge < -0.3 is 19.2 Å². The zero-order valence-electron chi connectivity index (χ0n) is 17.4. The topological polar surface area (TPSA) is 80.0 Å². The van der Waals surface area contributed by atoms with Crippen LogP contribution in [0.2, 0.25) is 5.02 Å². The highest BCUT2D eigenvalue weighted by Gasteiger charge is 2.44. The lowest BCUT2D eigenvalue weighted by Gasteiger charge is -2.27. The van der Waals surface area contributed by atoms with Crippen LogP contribution in [-0.4, -0.2) is 35.4 Å². The minimum Gasteiger partial charge on any atom is -0.503 e. The first-order chi connectivity index (χ1) is 14.9. The van der Waals surface area contributed by atoms with Crippen molar-refractivity contribution in [2.75, 3.05) is 13.7 Å². The van der Waals surface area contributed by atoms with E-state index in [2.05, 4.69) is 0 Å². The van der Waals surface area contributed by atoms with Crippen molar-refractivity contribution < 1.29 is 23.8 Å². The van der Waals surface area contributed by atoms with Crippen molar-refractivity contribution in [1.82, 2.24) is 4.90 Å². The lowest BCUT2D eigenvalue weighted by Crippen LogP contribution is -2.32. The molecule has 0 spiro atoms. The van der Waals surface area contributed by atoms with Gasteiger partial charge in [0.15, 0.2) is 22.9 Å². The van der Waals surface area contributed by atoms with E-state index in [0.717, 1.165) is 11.1 Å². The van der Waals surface area contributed by atoms with Crippen molar-refractivity contribution in [3.05, 3.63) is 75.7 Å². The molecule has 1 aromatic heterocycles. The Kier molecular flexibility index (Phi) is 5.50. The molecule has 1 unspecified atom stereocenters. The molecule has 2 heterocycles. The zero-order chi connectivity index (χ0) is 22.3. The monoisotopic (exact) mass is 439 g/mol. The van der Waals surface area contributed by atoms with Gasteiger partial charge in [-0.2, -0.15) is 0 Å². The van der Waals surface area contributed by atoms with Crippen LogP contribution in [0.4, 0.5) is 0 Å². The van der Waals surface area contributed by atoms with Gasteiger partial charge in [0, 0.05) is 23.0 Å². The predicted octanol–water partition coefficient (Wildman–Crippen LogP) is 5.39. The summed E-state index contributed by atoms with van der Waals surface area (Å²) in [5.41, 5.74) is 2.09. The Morgan fingerprint density at radius 3 is 2.68 bits per heavy atom. The van der Waals surface area contributed by atoms with Crippen LogP contribution in [0.15, 0.2) is 58.2 Å². The Bertz CT molecular complexity index is 1230. The number of fused-ring (bicyclic) bond motifs is 1. The van der Waals surface area contributed by atoms with Gasteiger partial charge in [-0.05, 0) is 36.6 Å². The number of halogens is 1. The van der Waals surface area contributed by atoms with Crippen molar-refractivity contribution in [1.29, 1.82) is 0 Å². The molecular formula is C24H22ClNO5. The highest BCUT2D eigenvalue weighted by Crippen LogP contribution is 2.41. The summed E-state index contributed by atoms with van der Waals surface area (Å²) in [6.45, 7) is 4.26. The van der Waals surface area contributed by atoms with Crippen molar-refractivity contribution in [2.24, 2.45) is 0 Å². The van der Waals surface area contributed by atoms with E-state index in [-0.39, 0.29) is 11.3 Å². The number of aliphatic hydroxyl groups excluding tert-OH is 1. The Balaban J connectivity index is 1.86. The molecule has 0 radical (unpaired) electrons. The van der Waals surface area contributed by atoms with Gasteiger partial charge in [0.1, 0.15) is 0 Å². The van der Waals surface area contributed by atoms with Crippen molar-refractivity contribution in [3.8, 4) is 5.75 Å². The first kappa shape index (κ1) is 21.0. The van der Waals surface area contributed by atoms with Gasteiger partial charge in [-0.15, -0.1) is 0 Å². The number of amides is 1. The van der Waals surface area contributed by atoms with Crippen LogP contribution in [-0.2, 0) is 4.79 Å². The molecule has 31 heavy (non-hydrogen) atoms. The van der Waals surface area contributed by atoms with E-state index in [4.69, 9.17) is 20.8 Å². The number of hydrogen-bond donors (Lipinski definition) is 1. The number of benzene rings is 2. The summed E-state index contributed by atoms with van der Waals surface area (Å²) in [5, 5.41) is 11.7. The molecule has 4 rings (SSSR count). The summed E-state index contributed by atoms with van der Waals surface area (Å²) < 4.78 is 11.1. The minimum atomic E-state index is -0.695. The fraction of sp³-hybridized carbons (Fsp3) is 0.250. The maximum Gasteiger partial charge on any atom is 0.290 e. The number of aliphatic hydroxyl groups is 1. The summed E-state index contributed by atoms with van der Waals surface area (Å²) in [6.07, 6.45) is 0.684. The molecular weight excluding hydrogens is 418 g/mol. The number of Topliss-reactive ketones (excluding diaryl/α,β-unsaturated/α-hetero) is 1. The van der Waals surface area contributed by atoms with Gasteiger partial charge in [0.2, 0.25) is 5.78 Å². The molecule has 1 amide bonds. The molecule has 0 saturated carbocycles. The highest BCUT2D eigenvalue weighted by atomic mass is 35.5. The van der Waals surface area contributed by atoms with Crippen molar-refractivity contribution in [3.63, 3.8) is 0 Å². The standard InChI is InChI=1S/C24H22ClNO5/c1-4-9-26-20(16-8-6-5-7-13(16)2)19(22(28)24(26)29)21(27)17-11-14-10-15(25)12-18(30-3)23(14)31-17/h5-8,10-12,20,28H,4,9H2,1-3H3. The second kappa shape index (κ2) is 8.12. The summed E-state index contributed by atoms with van der Waals surface area (Å²) in [7, 11) is 1.48. The fourth-order valence-corrected chi connectivity index (χ4v) is 4.27.